The zero-order chi connectivity index (χ0) is 8.55. The van der Waals surface area contributed by atoms with Gasteiger partial charge in [0.05, 0.1) is 5.52 Å². The van der Waals surface area contributed by atoms with Crippen molar-refractivity contribution in [1.82, 2.24) is 4.98 Å². The minimum Gasteiger partial charge on any atom is -0.255 e. The second kappa shape index (κ2) is 2.83. The van der Waals surface area contributed by atoms with Gasteiger partial charge in [-0.05, 0) is 34.1 Å². The molecule has 0 aliphatic carbocycles. The van der Waals surface area contributed by atoms with Gasteiger partial charge in [-0.25, -0.2) is 4.39 Å². The van der Waals surface area contributed by atoms with Crippen LogP contribution in [0, 0.1) is 5.82 Å². The molecule has 1 aromatic carbocycles. The zero-order valence-electron chi connectivity index (χ0n) is 6.09. The van der Waals surface area contributed by atoms with Crippen molar-refractivity contribution in [3.8, 4) is 0 Å². The third kappa shape index (κ3) is 1.20. The van der Waals surface area contributed by atoms with E-state index < -0.39 is 0 Å². The molecule has 0 fully saturated rings. The summed E-state index contributed by atoms with van der Waals surface area (Å²) in [7, 11) is 0. The van der Waals surface area contributed by atoms with E-state index in [4.69, 9.17) is 0 Å². The number of fused-ring (bicyclic) bond motifs is 1. The highest BCUT2D eigenvalue weighted by atomic mass is 79.9. The largest absolute Gasteiger partial charge is 0.255 e. The Morgan fingerprint density at radius 2 is 2.17 bits per heavy atom. The lowest BCUT2D eigenvalue weighted by Gasteiger charge is -1.97. The first-order chi connectivity index (χ1) is 5.77. The molecule has 1 aromatic heterocycles. The summed E-state index contributed by atoms with van der Waals surface area (Å²) in [5, 5.41) is 0.548. The molecule has 0 unspecified atom stereocenters. The van der Waals surface area contributed by atoms with E-state index in [-0.39, 0.29) is 5.82 Å². The summed E-state index contributed by atoms with van der Waals surface area (Å²) in [5.74, 6) is -0.235. The van der Waals surface area contributed by atoms with Crippen LogP contribution in [0.15, 0.2) is 34.9 Å². The number of nitrogens with zero attached hydrogens (tertiary/aromatic N) is 1. The van der Waals surface area contributed by atoms with Gasteiger partial charge in [-0.3, -0.25) is 4.98 Å². The Balaban J connectivity index is 2.88. The SMILES string of the molecule is Fc1cccc2ncc(Br)cc12. The van der Waals surface area contributed by atoms with Crippen molar-refractivity contribution in [1.29, 1.82) is 0 Å². The van der Waals surface area contributed by atoms with Crippen molar-refractivity contribution in [2.24, 2.45) is 0 Å². The van der Waals surface area contributed by atoms with Crippen molar-refractivity contribution in [2.45, 2.75) is 0 Å². The van der Waals surface area contributed by atoms with Gasteiger partial charge >= 0.3 is 0 Å². The normalized spacial score (nSPS) is 10.5. The molecule has 2 rings (SSSR count). The summed E-state index contributed by atoms with van der Waals surface area (Å²) >= 11 is 3.24. The van der Waals surface area contributed by atoms with Gasteiger partial charge in [0.15, 0.2) is 0 Å². The average Bonchev–Trinajstić information content (AvgIpc) is 2.07. The van der Waals surface area contributed by atoms with Crippen LogP contribution < -0.4 is 0 Å². The Kier molecular flexibility index (Phi) is 1.81. The van der Waals surface area contributed by atoms with Gasteiger partial charge in [-0.15, -0.1) is 0 Å². The second-order valence-electron chi connectivity index (χ2n) is 2.46. The second-order valence-corrected chi connectivity index (χ2v) is 3.38. The van der Waals surface area contributed by atoms with Crippen LogP contribution in [0.1, 0.15) is 0 Å². The molecule has 0 aliphatic rings. The van der Waals surface area contributed by atoms with E-state index in [1.54, 1.807) is 24.4 Å². The summed E-state index contributed by atoms with van der Waals surface area (Å²) in [4.78, 5) is 4.05. The summed E-state index contributed by atoms with van der Waals surface area (Å²) in [6, 6.07) is 6.58. The highest BCUT2D eigenvalue weighted by Gasteiger charge is 2.00. The molecule has 2 aromatic rings. The lowest BCUT2D eigenvalue weighted by Crippen LogP contribution is -1.82. The quantitative estimate of drug-likeness (QED) is 0.672. The molecule has 12 heavy (non-hydrogen) atoms. The van der Waals surface area contributed by atoms with E-state index in [1.807, 2.05) is 0 Å². The van der Waals surface area contributed by atoms with Crippen LogP contribution in [0.3, 0.4) is 0 Å². The van der Waals surface area contributed by atoms with Crippen molar-refractivity contribution >= 4 is 26.8 Å². The van der Waals surface area contributed by atoms with Crippen molar-refractivity contribution < 1.29 is 4.39 Å². The van der Waals surface area contributed by atoms with Gasteiger partial charge in [0.2, 0.25) is 0 Å². The highest BCUT2D eigenvalue weighted by Crippen LogP contribution is 2.19. The van der Waals surface area contributed by atoms with E-state index in [1.165, 1.54) is 6.07 Å². The fourth-order valence-electron chi connectivity index (χ4n) is 1.09. The van der Waals surface area contributed by atoms with E-state index in [9.17, 15) is 4.39 Å². The molecule has 0 atom stereocenters. The number of rotatable bonds is 0. The van der Waals surface area contributed by atoms with Crippen molar-refractivity contribution in [3.05, 3.63) is 40.8 Å². The van der Waals surface area contributed by atoms with Crippen LogP contribution in [0.5, 0.6) is 0 Å². The standard InChI is InChI=1S/C9H5BrFN/c10-6-4-7-8(11)2-1-3-9(7)12-5-6/h1-5H. The zero-order valence-corrected chi connectivity index (χ0v) is 7.68. The maximum Gasteiger partial charge on any atom is 0.132 e. The number of benzene rings is 1. The lowest BCUT2D eigenvalue weighted by molar-refractivity contribution is 0.639. The molecule has 0 radical (unpaired) electrons. The Morgan fingerprint density at radius 3 is 3.00 bits per heavy atom. The predicted molar refractivity (Wildman–Crippen MR) is 49.4 cm³/mol. The minimum atomic E-state index is -0.235. The lowest BCUT2D eigenvalue weighted by atomic mass is 10.2. The Hall–Kier alpha value is -0.960. The molecule has 60 valence electrons. The predicted octanol–water partition coefficient (Wildman–Crippen LogP) is 3.14. The molecule has 1 heterocycles. The maximum atomic E-state index is 13.1. The first kappa shape index (κ1) is 7.68. The molecule has 0 saturated heterocycles. The molecular weight excluding hydrogens is 221 g/mol. The van der Waals surface area contributed by atoms with E-state index in [2.05, 4.69) is 20.9 Å². The van der Waals surface area contributed by atoms with Crippen LogP contribution in [-0.4, -0.2) is 4.98 Å². The smallest absolute Gasteiger partial charge is 0.132 e. The number of hydrogen-bond donors (Lipinski definition) is 0. The van der Waals surface area contributed by atoms with E-state index in [0.29, 0.717) is 10.9 Å². The van der Waals surface area contributed by atoms with Gasteiger partial charge in [0.25, 0.3) is 0 Å². The van der Waals surface area contributed by atoms with Gasteiger partial charge < -0.3 is 0 Å². The number of pyridine rings is 1. The summed E-state index contributed by atoms with van der Waals surface area (Å²) < 4.78 is 13.9. The summed E-state index contributed by atoms with van der Waals surface area (Å²) in [5.41, 5.74) is 0.679. The third-order valence-electron chi connectivity index (χ3n) is 1.64. The molecule has 3 heteroatoms. The van der Waals surface area contributed by atoms with Crippen LogP contribution in [0.4, 0.5) is 4.39 Å². The van der Waals surface area contributed by atoms with Crippen LogP contribution in [-0.2, 0) is 0 Å². The average molecular weight is 226 g/mol. The number of halogens is 2. The molecule has 0 N–H and O–H groups in total. The van der Waals surface area contributed by atoms with E-state index >= 15 is 0 Å². The number of hydrogen-bond acceptors (Lipinski definition) is 1. The summed E-state index contributed by atoms with van der Waals surface area (Å²) in [6.45, 7) is 0. The fourth-order valence-corrected chi connectivity index (χ4v) is 1.42. The Labute approximate surface area is 77.4 Å². The van der Waals surface area contributed by atoms with Crippen LogP contribution >= 0.6 is 15.9 Å². The van der Waals surface area contributed by atoms with Gasteiger partial charge in [-0.1, -0.05) is 6.07 Å². The molecule has 0 spiro atoms. The topological polar surface area (TPSA) is 12.9 Å². The molecule has 0 bridgehead atoms. The third-order valence-corrected chi connectivity index (χ3v) is 2.07. The molecule has 0 aliphatic heterocycles. The fraction of sp³-hybridized carbons (Fsp3) is 0. The monoisotopic (exact) mass is 225 g/mol. The minimum absolute atomic E-state index is 0.235. The molecule has 1 nitrogen and oxygen atoms in total. The van der Waals surface area contributed by atoms with Crippen molar-refractivity contribution in [2.75, 3.05) is 0 Å². The Morgan fingerprint density at radius 1 is 1.33 bits per heavy atom. The van der Waals surface area contributed by atoms with Gasteiger partial charge in [0, 0.05) is 16.1 Å². The molecular formula is C9H5BrFN. The maximum absolute atomic E-state index is 13.1. The Bertz CT molecular complexity index is 428. The number of aromatic nitrogens is 1. The van der Waals surface area contributed by atoms with Crippen LogP contribution in [0.25, 0.3) is 10.9 Å². The summed E-state index contributed by atoms with van der Waals surface area (Å²) in [6.07, 6.45) is 1.65. The van der Waals surface area contributed by atoms with Gasteiger partial charge in [0.1, 0.15) is 5.82 Å². The van der Waals surface area contributed by atoms with Crippen LogP contribution in [0.2, 0.25) is 0 Å². The van der Waals surface area contributed by atoms with E-state index in [0.717, 1.165) is 4.47 Å². The first-order valence-electron chi connectivity index (χ1n) is 3.47. The first-order valence-corrected chi connectivity index (χ1v) is 4.26. The van der Waals surface area contributed by atoms with Crippen molar-refractivity contribution in [3.63, 3.8) is 0 Å². The molecule has 0 saturated carbocycles. The molecule has 0 amide bonds. The highest BCUT2D eigenvalue weighted by molar-refractivity contribution is 9.10. The van der Waals surface area contributed by atoms with Gasteiger partial charge in [-0.2, -0.15) is 0 Å².